The van der Waals surface area contributed by atoms with Gasteiger partial charge in [0.15, 0.2) is 0 Å². The maximum absolute atomic E-state index is 14.3. The fourth-order valence-corrected chi connectivity index (χ4v) is 5.81. The van der Waals surface area contributed by atoms with Crippen LogP contribution in [0.3, 0.4) is 0 Å². The smallest absolute Gasteiger partial charge is 0.232 e. The third-order valence-electron chi connectivity index (χ3n) is 4.79. The molecule has 0 fully saturated rings. The Morgan fingerprint density at radius 1 is 0.857 bits per heavy atom. The number of hydrogen-bond donors (Lipinski definition) is 1. The SMILES string of the molecule is CC[C@@H]([C@H](NP(=O)(c1ccccc1)c1ccccc1)c1ccccc1)[N+](=O)[O-]. The van der Waals surface area contributed by atoms with Crippen LogP contribution in [-0.2, 0) is 4.57 Å². The molecule has 0 heterocycles. The lowest BCUT2D eigenvalue weighted by atomic mass is 9.99. The van der Waals surface area contributed by atoms with Gasteiger partial charge in [0.2, 0.25) is 13.3 Å². The molecule has 1 N–H and O–H groups in total. The fourth-order valence-electron chi connectivity index (χ4n) is 3.32. The molecule has 0 radical (unpaired) electrons. The number of nitro groups is 1. The van der Waals surface area contributed by atoms with Crippen LogP contribution in [0.5, 0.6) is 0 Å². The van der Waals surface area contributed by atoms with Gasteiger partial charge in [-0.3, -0.25) is 14.7 Å². The molecule has 0 bridgehead atoms. The van der Waals surface area contributed by atoms with E-state index in [4.69, 9.17) is 0 Å². The molecule has 3 aromatic carbocycles. The van der Waals surface area contributed by atoms with Gasteiger partial charge in [0.1, 0.15) is 6.04 Å². The molecule has 0 aromatic heterocycles. The Hall–Kier alpha value is -2.75. The molecule has 0 amide bonds. The predicted octanol–water partition coefficient (Wildman–Crippen LogP) is 4.30. The molecular formula is C22H23N2O3P. The summed E-state index contributed by atoms with van der Waals surface area (Å²) >= 11 is 0. The minimum atomic E-state index is -3.31. The van der Waals surface area contributed by atoms with Crippen LogP contribution >= 0.6 is 7.29 Å². The van der Waals surface area contributed by atoms with Gasteiger partial charge >= 0.3 is 0 Å². The zero-order valence-electron chi connectivity index (χ0n) is 15.6. The largest absolute Gasteiger partial charge is 0.296 e. The van der Waals surface area contributed by atoms with Gasteiger partial charge < -0.3 is 0 Å². The maximum Gasteiger partial charge on any atom is 0.232 e. The van der Waals surface area contributed by atoms with Gasteiger partial charge in [-0.25, -0.2) is 5.09 Å². The summed E-state index contributed by atoms with van der Waals surface area (Å²) in [5.74, 6) is 0. The van der Waals surface area contributed by atoms with Crippen LogP contribution < -0.4 is 15.7 Å². The molecule has 0 aliphatic rings. The normalized spacial score (nSPS) is 13.6. The molecule has 28 heavy (non-hydrogen) atoms. The van der Waals surface area contributed by atoms with Crippen LogP contribution in [0.1, 0.15) is 24.9 Å². The first kappa shape index (κ1) is 20.0. The standard InChI is InChI=1S/C22H23N2O3P/c1-2-21(24(25)26)22(18-12-6-3-7-13-18)23-28(27,19-14-8-4-9-15-19)20-16-10-5-11-17-20/h3-17,21-22H,2H2,1H3,(H,23,27)/t21-,22+/m0/s1. The third kappa shape index (κ3) is 4.22. The maximum atomic E-state index is 14.3. The minimum Gasteiger partial charge on any atom is -0.296 e. The van der Waals surface area contributed by atoms with Gasteiger partial charge in [-0.2, -0.15) is 0 Å². The van der Waals surface area contributed by atoms with Crippen LogP contribution in [0.25, 0.3) is 0 Å². The molecule has 6 heteroatoms. The van der Waals surface area contributed by atoms with Crippen molar-refractivity contribution in [2.45, 2.75) is 25.4 Å². The summed E-state index contributed by atoms with van der Waals surface area (Å²) in [6.45, 7) is 1.78. The number of nitrogens with zero attached hydrogens (tertiary/aromatic N) is 1. The highest BCUT2D eigenvalue weighted by molar-refractivity contribution is 7.76. The Balaban J connectivity index is 2.13. The van der Waals surface area contributed by atoms with Gasteiger partial charge in [0.25, 0.3) is 0 Å². The summed E-state index contributed by atoms with van der Waals surface area (Å²) in [6, 6.07) is 25.9. The highest BCUT2D eigenvalue weighted by Crippen LogP contribution is 2.43. The predicted molar refractivity (Wildman–Crippen MR) is 113 cm³/mol. The third-order valence-corrected chi connectivity index (χ3v) is 7.49. The van der Waals surface area contributed by atoms with E-state index >= 15 is 0 Å². The number of benzene rings is 3. The lowest BCUT2D eigenvalue weighted by Crippen LogP contribution is -2.39. The van der Waals surface area contributed by atoms with Crippen molar-refractivity contribution in [2.75, 3.05) is 0 Å². The minimum absolute atomic E-state index is 0.287. The van der Waals surface area contributed by atoms with Crippen molar-refractivity contribution in [3.8, 4) is 0 Å². The van der Waals surface area contributed by atoms with Crippen molar-refractivity contribution in [1.29, 1.82) is 0 Å². The molecule has 5 nitrogen and oxygen atoms in total. The van der Waals surface area contributed by atoms with E-state index in [-0.39, 0.29) is 4.92 Å². The topological polar surface area (TPSA) is 72.2 Å². The van der Waals surface area contributed by atoms with E-state index < -0.39 is 19.4 Å². The summed E-state index contributed by atoms with van der Waals surface area (Å²) in [7, 11) is -3.31. The van der Waals surface area contributed by atoms with Gasteiger partial charge in [-0.05, 0) is 29.8 Å². The van der Waals surface area contributed by atoms with E-state index in [1.165, 1.54) is 0 Å². The lowest BCUT2D eigenvalue weighted by Gasteiger charge is -2.28. The average molecular weight is 394 g/mol. The van der Waals surface area contributed by atoms with Gasteiger partial charge in [-0.1, -0.05) is 73.7 Å². The van der Waals surface area contributed by atoms with Crippen LogP contribution in [0.2, 0.25) is 0 Å². The fraction of sp³-hybridized carbons (Fsp3) is 0.182. The Morgan fingerprint density at radius 2 is 1.29 bits per heavy atom. The summed E-state index contributed by atoms with van der Waals surface area (Å²) < 4.78 is 14.3. The van der Waals surface area contributed by atoms with Crippen LogP contribution in [0.15, 0.2) is 91.0 Å². The van der Waals surface area contributed by atoms with E-state index in [9.17, 15) is 14.7 Å². The van der Waals surface area contributed by atoms with Crippen molar-refractivity contribution in [3.05, 3.63) is 107 Å². The highest BCUT2D eigenvalue weighted by atomic mass is 31.2. The van der Waals surface area contributed by atoms with E-state index in [2.05, 4.69) is 5.09 Å². The second-order valence-corrected chi connectivity index (χ2v) is 9.07. The Labute approximate surface area is 165 Å². The summed E-state index contributed by atoms with van der Waals surface area (Å²) in [4.78, 5) is 11.5. The molecule has 0 spiro atoms. The Morgan fingerprint density at radius 3 is 1.68 bits per heavy atom. The second kappa shape index (κ2) is 8.96. The summed E-state index contributed by atoms with van der Waals surface area (Å²) in [5.41, 5.74) is 0.748. The molecule has 2 atom stereocenters. The molecule has 0 aliphatic heterocycles. The van der Waals surface area contributed by atoms with Crippen molar-refractivity contribution in [3.63, 3.8) is 0 Å². The Kier molecular flexibility index (Phi) is 6.40. The van der Waals surface area contributed by atoms with E-state index in [0.717, 1.165) is 5.56 Å². The van der Waals surface area contributed by atoms with Crippen molar-refractivity contribution >= 4 is 17.9 Å². The quantitative estimate of drug-likeness (QED) is 0.351. The second-order valence-electron chi connectivity index (χ2n) is 6.56. The van der Waals surface area contributed by atoms with E-state index in [1.807, 2.05) is 66.7 Å². The van der Waals surface area contributed by atoms with E-state index in [1.54, 1.807) is 31.2 Å². The van der Waals surface area contributed by atoms with Crippen molar-refractivity contribution in [2.24, 2.45) is 0 Å². The first-order valence-electron chi connectivity index (χ1n) is 9.23. The average Bonchev–Trinajstić information content (AvgIpc) is 2.75. The number of nitrogens with one attached hydrogen (secondary N) is 1. The van der Waals surface area contributed by atoms with Gasteiger partial charge in [0, 0.05) is 22.0 Å². The molecule has 0 saturated heterocycles. The monoisotopic (exact) mass is 394 g/mol. The molecule has 3 rings (SSSR count). The zero-order chi connectivity index (χ0) is 20.0. The number of hydrogen-bond acceptors (Lipinski definition) is 3. The Bertz CT molecular complexity index is 906. The first-order chi connectivity index (χ1) is 13.6. The molecule has 0 unspecified atom stereocenters. The van der Waals surface area contributed by atoms with E-state index in [0.29, 0.717) is 17.0 Å². The summed E-state index contributed by atoms with van der Waals surface area (Å²) in [6.07, 6.45) is 0.323. The molecule has 0 aliphatic carbocycles. The van der Waals surface area contributed by atoms with Crippen LogP contribution in [0.4, 0.5) is 0 Å². The number of rotatable bonds is 8. The van der Waals surface area contributed by atoms with Crippen molar-refractivity contribution < 1.29 is 9.49 Å². The van der Waals surface area contributed by atoms with Crippen molar-refractivity contribution in [1.82, 2.24) is 5.09 Å². The summed E-state index contributed by atoms with van der Waals surface area (Å²) in [5, 5.41) is 16.3. The molecule has 0 saturated carbocycles. The van der Waals surface area contributed by atoms with Gasteiger partial charge in [0.05, 0.1) is 0 Å². The highest BCUT2D eigenvalue weighted by Gasteiger charge is 2.38. The molecular weight excluding hydrogens is 371 g/mol. The lowest BCUT2D eigenvalue weighted by molar-refractivity contribution is -0.527. The first-order valence-corrected chi connectivity index (χ1v) is 10.9. The molecule has 144 valence electrons. The van der Waals surface area contributed by atoms with Crippen LogP contribution in [-0.4, -0.2) is 11.0 Å². The van der Waals surface area contributed by atoms with Gasteiger partial charge in [-0.15, -0.1) is 0 Å². The zero-order valence-corrected chi connectivity index (χ0v) is 16.5. The van der Waals surface area contributed by atoms with Crippen LogP contribution in [0, 0.1) is 10.1 Å². The molecule has 3 aromatic rings.